The van der Waals surface area contributed by atoms with E-state index in [0.717, 1.165) is 17.0 Å². The van der Waals surface area contributed by atoms with Gasteiger partial charge in [-0.25, -0.2) is 13.6 Å². The summed E-state index contributed by atoms with van der Waals surface area (Å²) < 4.78 is 77.8. The van der Waals surface area contributed by atoms with Crippen LogP contribution in [-0.2, 0) is 9.53 Å². The van der Waals surface area contributed by atoms with Crippen LogP contribution in [0.25, 0.3) is 5.57 Å². The van der Waals surface area contributed by atoms with E-state index in [1.165, 1.54) is 12.3 Å². The van der Waals surface area contributed by atoms with Gasteiger partial charge in [0.1, 0.15) is 24.5 Å². The Morgan fingerprint density at radius 2 is 2.15 bits per heavy atom. The molecular weight excluding hydrogens is 446 g/mol. The van der Waals surface area contributed by atoms with Gasteiger partial charge in [0.25, 0.3) is 11.8 Å². The molecule has 0 radical (unpaired) electrons. The Morgan fingerprint density at radius 3 is 2.79 bits per heavy atom. The van der Waals surface area contributed by atoms with Crippen LogP contribution in [0.3, 0.4) is 0 Å². The van der Waals surface area contributed by atoms with Crippen molar-refractivity contribution < 1.29 is 48.1 Å². The number of anilines is 1. The number of ether oxygens (including phenoxy) is 2. The van der Waals surface area contributed by atoms with Crippen LogP contribution in [0.1, 0.15) is 17.5 Å². The lowest BCUT2D eigenvalue weighted by Crippen LogP contribution is -2.42. The third-order valence-electron chi connectivity index (χ3n) is 4.84. The lowest BCUT2D eigenvalue weighted by Gasteiger charge is -2.28. The number of hydrogen-bond donors (Lipinski definition) is 2. The van der Waals surface area contributed by atoms with Crippen molar-refractivity contribution in [2.45, 2.75) is 18.6 Å². The predicted molar refractivity (Wildman–Crippen MR) is 108 cm³/mol. The van der Waals surface area contributed by atoms with Crippen LogP contribution in [0.15, 0.2) is 35.1 Å². The molecule has 0 spiro atoms. The highest BCUT2D eigenvalue weighted by atomic mass is 19.1. The first-order valence-corrected chi connectivity index (χ1v) is 9.69. The zero-order valence-electron chi connectivity index (χ0n) is 20.9. The third-order valence-corrected chi connectivity index (χ3v) is 4.84. The van der Waals surface area contributed by atoms with E-state index in [1.807, 2.05) is 0 Å². The smallest absolute Gasteiger partial charge is 0.414 e. The van der Waals surface area contributed by atoms with E-state index in [-0.39, 0.29) is 29.6 Å². The van der Waals surface area contributed by atoms with E-state index in [0.29, 0.717) is 6.08 Å². The van der Waals surface area contributed by atoms with Crippen molar-refractivity contribution in [1.82, 2.24) is 10.1 Å². The molecule has 2 N–H and O–H groups in total. The van der Waals surface area contributed by atoms with E-state index in [1.54, 1.807) is 0 Å². The molecule has 10 nitrogen and oxygen atoms in total. The van der Waals surface area contributed by atoms with E-state index < -0.39 is 73.0 Å². The summed E-state index contributed by atoms with van der Waals surface area (Å²) in [7, 11) is 0. The first-order valence-electron chi connectivity index (χ1n) is 11.7. The summed E-state index contributed by atoms with van der Waals surface area (Å²) in [6, 6.07) is 3.08. The molecule has 33 heavy (non-hydrogen) atoms. The Balaban J connectivity index is 1.58. The zero-order chi connectivity index (χ0) is 27.1. The van der Waals surface area contributed by atoms with E-state index in [4.69, 9.17) is 20.1 Å². The van der Waals surface area contributed by atoms with Gasteiger partial charge in [0.15, 0.2) is 12.2 Å². The minimum atomic E-state index is -2.91. The standard InChI is InChI=1S/C21H21F2N3O7/c22-15-7-13(26-9-14(33-21(26)30)11-31-18-3-6-32-24-18)8-16(23)19(15)12-1-4-25(5-2-12)20(29)17(28)10-27/h1,3,6-8,14,17,27-28H,2,4-5,9-11H2/t14-,17+/m1/s1/i4+1D2,5+1D2. The summed E-state index contributed by atoms with van der Waals surface area (Å²) in [4.78, 5) is 25.6. The molecule has 2 atom stereocenters. The number of carbonyl (C=O) groups excluding carboxylic acids is 2. The van der Waals surface area contributed by atoms with Gasteiger partial charge in [-0.2, -0.15) is 0 Å². The molecule has 0 unspecified atom stereocenters. The minimum Gasteiger partial charge on any atom is -0.471 e. The average molecular weight is 471 g/mol. The number of nitrogens with zero attached hydrogens (tertiary/aromatic N) is 3. The second kappa shape index (κ2) is 9.55. The number of rotatable bonds is 7. The van der Waals surface area contributed by atoms with E-state index in [9.17, 15) is 14.7 Å². The number of carbonyl (C=O) groups is 2. The molecule has 4 rings (SSSR count). The highest BCUT2D eigenvalue weighted by Crippen LogP contribution is 2.32. The molecule has 3 heterocycles. The average Bonchev–Trinajstić information content (AvgIpc) is 3.44. The fraction of sp³-hybridized carbons (Fsp3) is 0.381. The summed E-state index contributed by atoms with van der Waals surface area (Å²) in [5.74, 6) is -3.70. The van der Waals surface area contributed by atoms with Crippen LogP contribution in [0.5, 0.6) is 5.88 Å². The maximum absolute atomic E-state index is 15.1. The van der Waals surface area contributed by atoms with Crippen molar-refractivity contribution in [3.05, 3.63) is 47.7 Å². The number of halogens is 2. The van der Waals surface area contributed by atoms with Gasteiger partial charge in [0, 0.05) is 27.4 Å². The Hall–Kier alpha value is -3.51. The van der Waals surface area contributed by atoms with Crippen LogP contribution in [0.2, 0.25) is 0 Å². The summed E-state index contributed by atoms with van der Waals surface area (Å²) in [6.07, 6.45) is -2.63. The van der Waals surface area contributed by atoms with Crippen LogP contribution in [0, 0.1) is 11.6 Å². The summed E-state index contributed by atoms with van der Waals surface area (Å²) in [6.45, 7) is -7.00. The maximum atomic E-state index is 15.1. The van der Waals surface area contributed by atoms with Crippen LogP contribution in [-0.4, -0.2) is 77.2 Å². The van der Waals surface area contributed by atoms with Crippen LogP contribution in [0.4, 0.5) is 19.3 Å². The maximum Gasteiger partial charge on any atom is 0.414 e. The Bertz CT molecular complexity index is 1210. The van der Waals surface area contributed by atoms with Crippen LogP contribution < -0.4 is 9.64 Å². The van der Waals surface area contributed by atoms with Crippen molar-refractivity contribution in [2.24, 2.45) is 0 Å². The summed E-state index contributed by atoms with van der Waals surface area (Å²) >= 11 is 0. The quantitative estimate of drug-likeness (QED) is 0.580. The molecule has 12 heteroatoms. The largest absolute Gasteiger partial charge is 0.471 e. The fourth-order valence-corrected chi connectivity index (χ4v) is 3.23. The van der Waals surface area contributed by atoms with Gasteiger partial charge in [-0.1, -0.05) is 6.08 Å². The number of cyclic esters (lactones) is 1. The number of aromatic nitrogens is 1. The van der Waals surface area contributed by atoms with Gasteiger partial charge < -0.3 is 29.1 Å². The van der Waals surface area contributed by atoms with Crippen molar-refractivity contribution in [1.29, 1.82) is 0 Å². The highest BCUT2D eigenvalue weighted by molar-refractivity contribution is 5.90. The van der Waals surface area contributed by atoms with Gasteiger partial charge in [-0.3, -0.25) is 9.69 Å². The van der Waals surface area contributed by atoms with E-state index in [2.05, 4.69) is 9.68 Å². The van der Waals surface area contributed by atoms with Crippen molar-refractivity contribution >= 4 is 23.3 Å². The third kappa shape index (κ3) is 4.81. The molecule has 1 aromatic heterocycles. The Morgan fingerprint density at radius 1 is 1.39 bits per heavy atom. The normalized spacial score (nSPS) is 24.2. The first kappa shape index (κ1) is 18.0. The Kier molecular flexibility index (Phi) is 5.20. The molecular formula is C21H21F2N3O7. The lowest BCUT2D eigenvalue weighted by molar-refractivity contribution is -0.141. The molecule has 0 bridgehead atoms. The van der Waals surface area contributed by atoms with Gasteiger partial charge >= 0.3 is 6.09 Å². The molecule has 176 valence electrons. The first-order chi connectivity index (χ1) is 17.3. The SMILES string of the molecule is [2H][13C]1([2H])C=C(c2c(F)cc(N3C[C@H](COc4ccon4)OC3=O)cc2F)C[13C]([2H])([2H])N1C(=O)[C@@H](O)CO. The minimum absolute atomic E-state index is 0.0794. The monoisotopic (exact) mass is 471 g/mol. The van der Waals surface area contributed by atoms with Crippen molar-refractivity contribution in [3.8, 4) is 5.88 Å². The van der Waals surface area contributed by atoms with E-state index >= 15 is 8.78 Å². The molecule has 2 aliphatic heterocycles. The zero-order valence-corrected chi connectivity index (χ0v) is 16.9. The second-order valence-corrected chi connectivity index (χ2v) is 7.06. The fourth-order valence-electron chi connectivity index (χ4n) is 3.23. The molecule has 2 amide bonds. The van der Waals surface area contributed by atoms with Crippen LogP contribution >= 0.6 is 0 Å². The predicted octanol–water partition coefficient (Wildman–Crippen LogP) is 1.33. The molecule has 0 aliphatic carbocycles. The molecule has 1 aromatic carbocycles. The van der Waals surface area contributed by atoms with Gasteiger partial charge in [-0.15, -0.1) is 0 Å². The van der Waals surface area contributed by atoms with Crippen molar-refractivity contribution in [2.75, 3.05) is 37.7 Å². The van der Waals surface area contributed by atoms with Gasteiger partial charge in [0.2, 0.25) is 0 Å². The highest BCUT2D eigenvalue weighted by Gasteiger charge is 2.34. The molecule has 1 fully saturated rings. The molecule has 2 aromatic rings. The summed E-state index contributed by atoms with van der Waals surface area (Å²) in [5.41, 5.74) is -1.36. The summed E-state index contributed by atoms with van der Waals surface area (Å²) in [5, 5.41) is 22.1. The molecule has 2 aliphatic rings. The lowest BCUT2D eigenvalue weighted by atomic mass is 10.0. The Labute approximate surface area is 192 Å². The number of aliphatic hydroxyl groups excluding tert-OH is 2. The molecule has 1 saturated heterocycles. The number of amides is 2. The number of benzene rings is 1. The van der Waals surface area contributed by atoms with Gasteiger partial charge in [0.05, 0.1) is 21.6 Å². The topological polar surface area (TPSA) is 126 Å². The number of hydrogen-bond acceptors (Lipinski definition) is 8. The van der Waals surface area contributed by atoms with Gasteiger partial charge in [-0.05, 0) is 29.3 Å². The van der Waals surface area contributed by atoms with Crippen molar-refractivity contribution in [3.63, 3.8) is 0 Å². The molecule has 0 saturated carbocycles. The number of aliphatic hydroxyl groups is 2. The second-order valence-electron chi connectivity index (χ2n) is 7.06.